The number of hydrogen-bond donors (Lipinski definition) is 1. The summed E-state index contributed by atoms with van der Waals surface area (Å²) in [6.07, 6.45) is 5.09. The Balaban J connectivity index is 1.53. The van der Waals surface area contributed by atoms with Crippen LogP contribution in [0.4, 0.5) is 5.82 Å². The van der Waals surface area contributed by atoms with E-state index in [2.05, 4.69) is 15.5 Å². The van der Waals surface area contributed by atoms with Crippen LogP contribution in [0.25, 0.3) is 0 Å². The van der Waals surface area contributed by atoms with E-state index in [1.165, 1.54) is 10.5 Å². The Morgan fingerprint density at radius 1 is 1.24 bits per heavy atom. The minimum absolute atomic E-state index is 0.260. The molecule has 25 heavy (non-hydrogen) atoms. The van der Waals surface area contributed by atoms with Crippen LogP contribution < -0.4 is 5.32 Å². The molecule has 1 aliphatic rings. The van der Waals surface area contributed by atoms with Gasteiger partial charge in [0.25, 0.3) is 0 Å². The Bertz CT molecular complexity index is 789. The zero-order chi connectivity index (χ0) is 17.9. The standard InChI is InChI=1S/C17H24N4O3S/c1-13-16(14(2)24-20-13)6-5-9-18-17-8-7-15(12-19-17)25(22,23)21-10-3-4-11-21/h7-8,12H,3-6,9-11H2,1-2H3,(H,18,19). The molecule has 0 aliphatic carbocycles. The summed E-state index contributed by atoms with van der Waals surface area (Å²) in [7, 11) is -3.39. The number of pyridine rings is 1. The first-order chi connectivity index (χ1) is 12.0. The van der Waals surface area contributed by atoms with E-state index in [0.717, 1.165) is 49.2 Å². The van der Waals surface area contributed by atoms with Crippen molar-refractivity contribution in [2.45, 2.75) is 44.4 Å². The van der Waals surface area contributed by atoms with Crippen molar-refractivity contribution in [2.75, 3.05) is 25.0 Å². The second-order valence-electron chi connectivity index (χ2n) is 6.32. The summed E-state index contributed by atoms with van der Waals surface area (Å²) in [5, 5.41) is 7.17. The Kier molecular flexibility index (Phi) is 5.39. The molecule has 2 aromatic rings. The number of nitrogens with one attached hydrogen (secondary N) is 1. The van der Waals surface area contributed by atoms with Crippen LogP contribution in [0.1, 0.15) is 36.3 Å². The van der Waals surface area contributed by atoms with E-state index < -0.39 is 10.0 Å². The number of nitrogens with zero attached hydrogens (tertiary/aromatic N) is 3. The number of hydrogen-bond acceptors (Lipinski definition) is 6. The minimum Gasteiger partial charge on any atom is -0.370 e. The van der Waals surface area contributed by atoms with E-state index in [0.29, 0.717) is 18.9 Å². The maximum Gasteiger partial charge on any atom is 0.244 e. The van der Waals surface area contributed by atoms with Crippen LogP contribution in [-0.4, -0.2) is 42.5 Å². The van der Waals surface area contributed by atoms with E-state index in [-0.39, 0.29) is 4.90 Å². The molecule has 2 aromatic heterocycles. The van der Waals surface area contributed by atoms with Gasteiger partial charge in [0.2, 0.25) is 10.0 Å². The Labute approximate surface area is 148 Å². The summed E-state index contributed by atoms with van der Waals surface area (Å²) >= 11 is 0. The van der Waals surface area contributed by atoms with Crippen molar-refractivity contribution >= 4 is 15.8 Å². The fourth-order valence-corrected chi connectivity index (χ4v) is 4.52. The highest BCUT2D eigenvalue weighted by Crippen LogP contribution is 2.21. The Morgan fingerprint density at radius 3 is 2.60 bits per heavy atom. The molecule has 8 heteroatoms. The van der Waals surface area contributed by atoms with Gasteiger partial charge in [-0.1, -0.05) is 5.16 Å². The van der Waals surface area contributed by atoms with Crippen molar-refractivity contribution < 1.29 is 12.9 Å². The van der Waals surface area contributed by atoms with Crippen molar-refractivity contribution in [3.05, 3.63) is 35.3 Å². The molecule has 1 aliphatic heterocycles. The van der Waals surface area contributed by atoms with Crippen molar-refractivity contribution in [2.24, 2.45) is 0 Å². The van der Waals surface area contributed by atoms with Crippen molar-refractivity contribution in [1.82, 2.24) is 14.4 Å². The summed E-state index contributed by atoms with van der Waals surface area (Å²) in [6, 6.07) is 3.34. The van der Waals surface area contributed by atoms with Crippen molar-refractivity contribution in [3.8, 4) is 0 Å². The third kappa shape index (κ3) is 4.01. The highest BCUT2D eigenvalue weighted by molar-refractivity contribution is 7.89. The van der Waals surface area contributed by atoms with E-state index in [1.807, 2.05) is 13.8 Å². The average Bonchev–Trinajstić information content (AvgIpc) is 3.24. The van der Waals surface area contributed by atoms with Crippen molar-refractivity contribution in [3.63, 3.8) is 0 Å². The van der Waals surface area contributed by atoms with E-state index in [4.69, 9.17) is 4.52 Å². The molecule has 3 rings (SSSR count). The first-order valence-electron chi connectivity index (χ1n) is 8.60. The lowest BCUT2D eigenvalue weighted by molar-refractivity contribution is 0.392. The minimum atomic E-state index is -3.39. The van der Waals surface area contributed by atoms with Gasteiger partial charge < -0.3 is 9.84 Å². The lowest BCUT2D eigenvalue weighted by atomic mass is 10.1. The normalized spacial score (nSPS) is 15.6. The zero-order valence-corrected chi connectivity index (χ0v) is 15.5. The third-order valence-corrected chi connectivity index (χ3v) is 6.41. The first-order valence-corrected chi connectivity index (χ1v) is 10.0. The van der Waals surface area contributed by atoms with Crippen LogP contribution in [0.5, 0.6) is 0 Å². The van der Waals surface area contributed by atoms with Gasteiger partial charge in [0.1, 0.15) is 16.5 Å². The van der Waals surface area contributed by atoms with Crippen LogP contribution in [0, 0.1) is 13.8 Å². The summed E-state index contributed by atoms with van der Waals surface area (Å²) in [4.78, 5) is 4.50. The number of rotatable bonds is 7. The second-order valence-corrected chi connectivity index (χ2v) is 8.26. The lowest BCUT2D eigenvalue weighted by Gasteiger charge is -2.15. The Hall–Kier alpha value is -1.93. The smallest absolute Gasteiger partial charge is 0.244 e. The maximum atomic E-state index is 12.5. The molecule has 0 unspecified atom stereocenters. The maximum absolute atomic E-state index is 12.5. The summed E-state index contributed by atoms with van der Waals surface area (Å²) in [5.41, 5.74) is 2.09. The molecular weight excluding hydrogens is 340 g/mol. The van der Waals surface area contributed by atoms with Crippen molar-refractivity contribution in [1.29, 1.82) is 0 Å². The molecule has 0 radical (unpaired) electrons. The highest BCUT2D eigenvalue weighted by atomic mass is 32.2. The van der Waals surface area contributed by atoms with Gasteiger partial charge in [-0.25, -0.2) is 13.4 Å². The molecule has 1 saturated heterocycles. The number of aromatic nitrogens is 2. The fraction of sp³-hybridized carbons (Fsp3) is 0.529. The number of anilines is 1. The molecule has 0 spiro atoms. The summed E-state index contributed by atoms with van der Waals surface area (Å²) < 4.78 is 31.6. The third-order valence-electron chi connectivity index (χ3n) is 4.53. The SMILES string of the molecule is Cc1noc(C)c1CCCNc1ccc(S(=O)(=O)N2CCCC2)cn1. The van der Waals surface area contributed by atoms with E-state index in [1.54, 1.807) is 12.1 Å². The van der Waals surface area contributed by atoms with Gasteiger partial charge in [-0.3, -0.25) is 0 Å². The van der Waals surface area contributed by atoms with Gasteiger partial charge in [-0.05, 0) is 51.7 Å². The largest absolute Gasteiger partial charge is 0.370 e. The topological polar surface area (TPSA) is 88.3 Å². The molecular formula is C17H24N4O3S. The first kappa shape index (κ1) is 17.9. The molecule has 0 saturated carbocycles. The van der Waals surface area contributed by atoms with E-state index in [9.17, 15) is 8.42 Å². The monoisotopic (exact) mass is 364 g/mol. The van der Waals surface area contributed by atoms with Crippen LogP contribution in [0.3, 0.4) is 0 Å². The Morgan fingerprint density at radius 2 is 2.00 bits per heavy atom. The predicted octanol–water partition coefficient (Wildman–Crippen LogP) is 2.52. The molecule has 7 nitrogen and oxygen atoms in total. The number of sulfonamides is 1. The average molecular weight is 364 g/mol. The second kappa shape index (κ2) is 7.53. The van der Waals surface area contributed by atoms with Crippen LogP contribution in [0.15, 0.2) is 27.7 Å². The molecule has 0 bridgehead atoms. The highest BCUT2D eigenvalue weighted by Gasteiger charge is 2.27. The predicted molar refractivity (Wildman–Crippen MR) is 95.0 cm³/mol. The van der Waals surface area contributed by atoms with Crippen LogP contribution >= 0.6 is 0 Å². The molecule has 3 heterocycles. The molecule has 0 atom stereocenters. The zero-order valence-electron chi connectivity index (χ0n) is 14.7. The molecule has 0 amide bonds. The van der Waals surface area contributed by atoms with Gasteiger partial charge >= 0.3 is 0 Å². The van der Waals surface area contributed by atoms with Gasteiger partial charge in [0, 0.05) is 31.4 Å². The molecule has 1 N–H and O–H groups in total. The molecule has 0 aromatic carbocycles. The van der Waals surface area contributed by atoms with Gasteiger partial charge in [0.05, 0.1) is 5.69 Å². The van der Waals surface area contributed by atoms with E-state index >= 15 is 0 Å². The summed E-state index contributed by atoms with van der Waals surface area (Å²) in [5.74, 6) is 1.55. The summed E-state index contributed by atoms with van der Waals surface area (Å²) in [6.45, 7) is 5.81. The molecule has 136 valence electrons. The van der Waals surface area contributed by atoms with Gasteiger partial charge in [-0.2, -0.15) is 4.31 Å². The fourth-order valence-electron chi connectivity index (χ4n) is 3.06. The molecule has 1 fully saturated rings. The van der Waals surface area contributed by atoms with Crippen LogP contribution in [0.2, 0.25) is 0 Å². The van der Waals surface area contributed by atoms with Gasteiger partial charge in [-0.15, -0.1) is 0 Å². The van der Waals surface area contributed by atoms with Crippen LogP contribution in [-0.2, 0) is 16.4 Å². The number of aryl methyl sites for hydroxylation is 2. The van der Waals surface area contributed by atoms with Gasteiger partial charge in [0.15, 0.2) is 0 Å². The quantitative estimate of drug-likeness (QED) is 0.760. The lowest BCUT2D eigenvalue weighted by Crippen LogP contribution is -2.27.